The SMILES string of the molecule is CC1ONC(C(=O)NNc2ccccc2F)[C@H]1N. The largest absolute Gasteiger partial charge is 0.324 e. The number of carbonyl (C=O) groups is 1. The van der Waals surface area contributed by atoms with Gasteiger partial charge in [-0.3, -0.25) is 20.5 Å². The highest BCUT2D eigenvalue weighted by Gasteiger charge is 2.36. The van der Waals surface area contributed by atoms with E-state index in [1.807, 2.05) is 0 Å². The minimum Gasteiger partial charge on any atom is -0.324 e. The highest BCUT2D eigenvalue weighted by molar-refractivity contribution is 5.83. The number of hydroxylamine groups is 1. The number of hydrogen-bond acceptors (Lipinski definition) is 5. The topological polar surface area (TPSA) is 88.4 Å². The molecule has 0 spiro atoms. The number of hydrazine groups is 1. The number of para-hydroxylation sites is 1. The highest BCUT2D eigenvalue weighted by atomic mass is 19.1. The molecular weight excluding hydrogens is 239 g/mol. The molecule has 1 aliphatic heterocycles. The number of carbonyl (C=O) groups excluding carboxylic acids is 1. The summed E-state index contributed by atoms with van der Waals surface area (Å²) in [5.41, 5.74) is 13.4. The molecule has 1 aliphatic rings. The maximum absolute atomic E-state index is 13.3. The first-order chi connectivity index (χ1) is 8.59. The van der Waals surface area contributed by atoms with Crippen LogP contribution in [0, 0.1) is 5.82 Å². The van der Waals surface area contributed by atoms with Gasteiger partial charge in [-0.05, 0) is 19.1 Å². The fourth-order valence-electron chi connectivity index (χ4n) is 1.61. The molecule has 1 saturated heterocycles. The van der Waals surface area contributed by atoms with Crippen molar-refractivity contribution in [3.63, 3.8) is 0 Å². The summed E-state index contributed by atoms with van der Waals surface area (Å²) >= 11 is 0. The minimum absolute atomic E-state index is 0.186. The number of halogens is 1. The summed E-state index contributed by atoms with van der Waals surface area (Å²) in [6.45, 7) is 1.76. The lowest BCUT2D eigenvalue weighted by molar-refractivity contribution is -0.123. The Hall–Kier alpha value is -1.70. The number of rotatable bonds is 3. The van der Waals surface area contributed by atoms with Crippen LogP contribution in [0.5, 0.6) is 0 Å². The van der Waals surface area contributed by atoms with E-state index in [0.717, 1.165) is 0 Å². The zero-order valence-electron chi connectivity index (χ0n) is 9.81. The van der Waals surface area contributed by atoms with Crippen LogP contribution in [0.1, 0.15) is 6.92 Å². The molecule has 2 unspecified atom stereocenters. The van der Waals surface area contributed by atoms with E-state index in [2.05, 4.69) is 16.3 Å². The molecule has 0 bridgehead atoms. The predicted molar refractivity (Wildman–Crippen MR) is 63.6 cm³/mol. The molecule has 7 heteroatoms. The van der Waals surface area contributed by atoms with Crippen LogP contribution in [0.25, 0.3) is 0 Å². The Balaban J connectivity index is 1.91. The second-order valence-corrected chi connectivity index (χ2v) is 4.09. The fourth-order valence-corrected chi connectivity index (χ4v) is 1.61. The molecule has 5 N–H and O–H groups in total. The van der Waals surface area contributed by atoms with Crippen LogP contribution in [0.2, 0.25) is 0 Å². The van der Waals surface area contributed by atoms with Gasteiger partial charge in [0, 0.05) is 0 Å². The Labute approximate surface area is 104 Å². The summed E-state index contributed by atoms with van der Waals surface area (Å²) in [5, 5.41) is 0. The molecule has 18 heavy (non-hydrogen) atoms. The zero-order chi connectivity index (χ0) is 13.1. The van der Waals surface area contributed by atoms with Gasteiger partial charge >= 0.3 is 0 Å². The lowest BCUT2D eigenvalue weighted by Gasteiger charge is -2.15. The van der Waals surface area contributed by atoms with Crippen LogP contribution in [0.15, 0.2) is 24.3 Å². The third-order valence-electron chi connectivity index (χ3n) is 2.78. The molecule has 1 heterocycles. The van der Waals surface area contributed by atoms with E-state index in [1.54, 1.807) is 19.1 Å². The predicted octanol–water partition coefficient (Wildman–Crippen LogP) is -0.112. The average Bonchev–Trinajstić information content (AvgIpc) is 2.69. The number of anilines is 1. The van der Waals surface area contributed by atoms with Crippen LogP contribution in [0.3, 0.4) is 0 Å². The molecule has 1 fully saturated rings. The molecule has 0 saturated carbocycles. The summed E-state index contributed by atoms with van der Waals surface area (Å²) < 4.78 is 13.3. The number of benzene rings is 1. The highest BCUT2D eigenvalue weighted by Crippen LogP contribution is 2.12. The molecule has 1 aromatic carbocycles. The number of amides is 1. The number of hydrogen-bond donors (Lipinski definition) is 4. The van der Waals surface area contributed by atoms with E-state index in [9.17, 15) is 9.18 Å². The van der Waals surface area contributed by atoms with Crippen molar-refractivity contribution in [2.45, 2.75) is 25.1 Å². The van der Waals surface area contributed by atoms with Gasteiger partial charge in [0.1, 0.15) is 11.9 Å². The van der Waals surface area contributed by atoms with Gasteiger partial charge in [0.05, 0.1) is 17.8 Å². The van der Waals surface area contributed by atoms with Gasteiger partial charge in [-0.1, -0.05) is 12.1 Å². The van der Waals surface area contributed by atoms with Gasteiger partial charge < -0.3 is 5.73 Å². The Morgan fingerprint density at radius 3 is 2.83 bits per heavy atom. The van der Waals surface area contributed by atoms with Crippen molar-refractivity contribution in [2.75, 3.05) is 5.43 Å². The smallest absolute Gasteiger partial charge is 0.259 e. The maximum Gasteiger partial charge on any atom is 0.259 e. The maximum atomic E-state index is 13.3. The van der Waals surface area contributed by atoms with Gasteiger partial charge in [-0.15, -0.1) is 0 Å². The van der Waals surface area contributed by atoms with E-state index >= 15 is 0 Å². The van der Waals surface area contributed by atoms with Crippen molar-refractivity contribution >= 4 is 11.6 Å². The van der Waals surface area contributed by atoms with Gasteiger partial charge in [0.15, 0.2) is 0 Å². The summed E-state index contributed by atoms with van der Waals surface area (Å²) in [5.74, 6) is -0.860. The third kappa shape index (κ3) is 2.58. The summed E-state index contributed by atoms with van der Waals surface area (Å²) in [6.07, 6.45) is -0.255. The second-order valence-electron chi connectivity index (χ2n) is 4.09. The summed E-state index contributed by atoms with van der Waals surface area (Å²) in [7, 11) is 0. The van der Waals surface area contributed by atoms with Crippen LogP contribution >= 0.6 is 0 Å². The van der Waals surface area contributed by atoms with Crippen molar-refractivity contribution in [1.82, 2.24) is 10.9 Å². The normalized spacial score (nSPS) is 26.9. The number of nitrogens with one attached hydrogen (secondary N) is 3. The minimum atomic E-state index is -0.667. The molecule has 2 rings (SSSR count). The molecule has 0 radical (unpaired) electrons. The van der Waals surface area contributed by atoms with Crippen molar-refractivity contribution in [2.24, 2.45) is 5.73 Å². The van der Waals surface area contributed by atoms with Gasteiger partial charge in [-0.25, -0.2) is 4.39 Å². The van der Waals surface area contributed by atoms with Crippen molar-refractivity contribution in [3.05, 3.63) is 30.1 Å². The summed E-state index contributed by atoms with van der Waals surface area (Å²) in [6, 6.07) is 4.90. The van der Waals surface area contributed by atoms with Crippen LogP contribution in [-0.2, 0) is 9.63 Å². The molecule has 1 amide bonds. The quantitative estimate of drug-likeness (QED) is 0.565. The van der Waals surface area contributed by atoms with Crippen LogP contribution in [0.4, 0.5) is 10.1 Å². The van der Waals surface area contributed by atoms with E-state index in [4.69, 9.17) is 10.6 Å². The van der Waals surface area contributed by atoms with E-state index in [1.165, 1.54) is 12.1 Å². The molecular formula is C11H15FN4O2. The Morgan fingerprint density at radius 2 is 2.22 bits per heavy atom. The first-order valence-electron chi connectivity index (χ1n) is 5.56. The van der Waals surface area contributed by atoms with Crippen LogP contribution < -0.4 is 22.1 Å². The Morgan fingerprint density at radius 1 is 1.50 bits per heavy atom. The molecule has 0 aromatic heterocycles. The fraction of sp³-hybridized carbons (Fsp3) is 0.364. The number of nitrogens with two attached hydrogens (primary N) is 1. The monoisotopic (exact) mass is 254 g/mol. The van der Waals surface area contributed by atoms with E-state index < -0.39 is 23.8 Å². The summed E-state index contributed by atoms with van der Waals surface area (Å²) in [4.78, 5) is 16.8. The zero-order valence-corrected chi connectivity index (χ0v) is 9.81. The molecule has 98 valence electrons. The van der Waals surface area contributed by atoms with Crippen molar-refractivity contribution < 1.29 is 14.0 Å². The van der Waals surface area contributed by atoms with E-state index in [0.29, 0.717) is 0 Å². The van der Waals surface area contributed by atoms with Gasteiger partial charge in [-0.2, -0.15) is 5.48 Å². The van der Waals surface area contributed by atoms with Crippen LogP contribution in [-0.4, -0.2) is 24.1 Å². The van der Waals surface area contributed by atoms with Gasteiger partial charge in [0.25, 0.3) is 5.91 Å². The Kier molecular flexibility index (Phi) is 3.75. The molecule has 0 aliphatic carbocycles. The standard InChI is InChI=1S/C11H15FN4O2/c1-6-9(13)10(16-18-6)11(17)15-14-8-5-3-2-4-7(8)12/h2-6,9-10,14,16H,13H2,1H3,(H,15,17)/t6?,9-,10?/m0/s1. The molecule has 6 nitrogen and oxygen atoms in total. The lowest BCUT2D eigenvalue weighted by Crippen LogP contribution is -2.51. The molecule has 1 aromatic rings. The first kappa shape index (κ1) is 12.7. The third-order valence-corrected chi connectivity index (χ3v) is 2.78. The van der Waals surface area contributed by atoms with Crippen molar-refractivity contribution in [3.8, 4) is 0 Å². The Bertz CT molecular complexity index is 443. The van der Waals surface area contributed by atoms with Crippen molar-refractivity contribution in [1.29, 1.82) is 0 Å². The molecule has 3 atom stereocenters. The second kappa shape index (κ2) is 5.30. The van der Waals surface area contributed by atoms with E-state index in [-0.39, 0.29) is 11.8 Å². The lowest BCUT2D eigenvalue weighted by atomic mass is 10.1. The first-order valence-corrected chi connectivity index (χ1v) is 5.56. The average molecular weight is 254 g/mol. The van der Waals surface area contributed by atoms with Gasteiger partial charge in [0.2, 0.25) is 0 Å².